The predicted molar refractivity (Wildman–Crippen MR) is 83.6 cm³/mol. The highest BCUT2D eigenvalue weighted by Crippen LogP contribution is 2.40. The smallest absolute Gasteiger partial charge is 0.429 e. The number of sulfone groups is 1. The molecule has 1 aliphatic rings. The number of fused-ring (bicyclic) bond motifs is 1. The molecule has 0 spiro atoms. The number of aryl methyl sites for hydroxylation is 1. The maximum atomic E-state index is 13.3. The Morgan fingerprint density at radius 1 is 1.28 bits per heavy atom. The number of amides is 1. The monoisotopic (exact) mass is 377 g/mol. The van der Waals surface area contributed by atoms with Gasteiger partial charge in [-0.2, -0.15) is 18.2 Å². The Kier molecular flexibility index (Phi) is 4.55. The number of carbonyl (C=O) groups excluding carboxylic acids is 1. The molecule has 1 aromatic rings. The van der Waals surface area contributed by atoms with Crippen molar-refractivity contribution in [2.75, 3.05) is 6.26 Å². The molecule has 136 valence electrons. The third kappa shape index (κ3) is 3.92. The summed E-state index contributed by atoms with van der Waals surface area (Å²) < 4.78 is 68.1. The lowest BCUT2D eigenvalue weighted by atomic mass is 9.98. The van der Waals surface area contributed by atoms with Gasteiger partial charge in [0.15, 0.2) is 15.8 Å². The molecule has 1 aliphatic heterocycles. The summed E-state index contributed by atoms with van der Waals surface area (Å²) in [7, 11) is -3.62. The second kappa shape index (κ2) is 6.06. The van der Waals surface area contributed by atoms with Crippen molar-refractivity contribution >= 4 is 27.8 Å². The molecule has 11 heteroatoms. The van der Waals surface area contributed by atoms with Crippen molar-refractivity contribution in [3.63, 3.8) is 0 Å². The standard InChI is InChI=1S/C14H14F3N3O4S/c1-6-3-8(25(2,22)23)4-7-5-9(12(21)20-13(18)19)11(14(15,16)17)24-10(6)7/h3-5,11H,1-2H3,(H4,18,19,20,21). The second-order valence-electron chi connectivity index (χ2n) is 5.41. The predicted octanol–water partition coefficient (Wildman–Crippen LogP) is 0.905. The Labute approximate surface area is 141 Å². The van der Waals surface area contributed by atoms with Crippen LogP contribution in [0.25, 0.3) is 6.08 Å². The summed E-state index contributed by atoms with van der Waals surface area (Å²) in [6.45, 7) is 1.40. The Morgan fingerprint density at radius 2 is 1.88 bits per heavy atom. The first-order valence-corrected chi connectivity index (χ1v) is 8.63. The van der Waals surface area contributed by atoms with Gasteiger partial charge in [0.1, 0.15) is 5.75 Å². The lowest BCUT2D eigenvalue weighted by molar-refractivity contribution is -0.185. The number of nitrogens with two attached hydrogens (primary N) is 2. The van der Waals surface area contributed by atoms with Gasteiger partial charge in [-0.05, 0) is 30.7 Å². The zero-order chi connectivity index (χ0) is 19.2. The SMILES string of the molecule is Cc1cc(S(C)(=O)=O)cc2c1OC(C(F)(F)F)C(C(=O)N=C(N)N)=C2. The molecule has 0 bridgehead atoms. The highest BCUT2D eigenvalue weighted by Gasteiger charge is 2.48. The lowest BCUT2D eigenvalue weighted by Crippen LogP contribution is -2.40. The van der Waals surface area contributed by atoms with Gasteiger partial charge in [0, 0.05) is 11.8 Å². The van der Waals surface area contributed by atoms with Crippen LogP contribution < -0.4 is 16.2 Å². The number of guanidine groups is 1. The zero-order valence-electron chi connectivity index (χ0n) is 13.1. The molecule has 1 atom stereocenters. The molecule has 0 aromatic heterocycles. The first-order chi connectivity index (χ1) is 11.3. The van der Waals surface area contributed by atoms with Gasteiger partial charge in [-0.1, -0.05) is 0 Å². The summed E-state index contributed by atoms with van der Waals surface area (Å²) in [5.41, 5.74) is 9.40. The normalized spacial score (nSPS) is 17.2. The van der Waals surface area contributed by atoms with Gasteiger partial charge in [-0.3, -0.25) is 4.79 Å². The van der Waals surface area contributed by atoms with E-state index >= 15 is 0 Å². The van der Waals surface area contributed by atoms with Gasteiger partial charge in [0.05, 0.1) is 10.5 Å². The van der Waals surface area contributed by atoms with Crippen LogP contribution in [0.15, 0.2) is 27.6 Å². The number of carbonyl (C=O) groups is 1. The van der Waals surface area contributed by atoms with Crippen LogP contribution >= 0.6 is 0 Å². The lowest BCUT2D eigenvalue weighted by Gasteiger charge is -2.28. The molecular weight excluding hydrogens is 363 g/mol. The molecular formula is C14H14F3N3O4S. The minimum absolute atomic E-state index is 0.00932. The minimum atomic E-state index is -4.90. The fourth-order valence-electron chi connectivity index (χ4n) is 2.27. The molecule has 7 nitrogen and oxygen atoms in total. The third-order valence-electron chi connectivity index (χ3n) is 3.31. The maximum Gasteiger partial charge on any atom is 0.429 e. The quantitative estimate of drug-likeness (QED) is 0.583. The van der Waals surface area contributed by atoms with Crippen LogP contribution in [0.4, 0.5) is 13.2 Å². The number of hydrogen-bond acceptors (Lipinski definition) is 4. The van der Waals surface area contributed by atoms with E-state index in [0.717, 1.165) is 18.4 Å². The Balaban J connectivity index is 2.70. The largest absolute Gasteiger partial charge is 0.475 e. The fraction of sp³-hybridized carbons (Fsp3) is 0.286. The molecule has 25 heavy (non-hydrogen) atoms. The first-order valence-electron chi connectivity index (χ1n) is 6.74. The van der Waals surface area contributed by atoms with Gasteiger partial charge in [0.2, 0.25) is 6.10 Å². The number of halogens is 3. The number of ether oxygens (including phenoxy) is 1. The average Bonchev–Trinajstić information content (AvgIpc) is 2.43. The third-order valence-corrected chi connectivity index (χ3v) is 4.40. The molecule has 1 aromatic carbocycles. The van der Waals surface area contributed by atoms with Crippen molar-refractivity contribution < 1.29 is 31.1 Å². The Hall–Kier alpha value is -2.56. The van der Waals surface area contributed by atoms with E-state index < -0.39 is 39.6 Å². The Bertz CT molecular complexity index is 901. The van der Waals surface area contributed by atoms with Crippen LogP contribution in [0.3, 0.4) is 0 Å². The molecule has 4 N–H and O–H groups in total. The molecule has 1 heterocycles. The number of hydrogen-bond donors (Lipinski definition) is 2. The fourth-order valence-corrected chi connectivity index (χ4v) is 3.00. The summed E-state index contributed by atoms with van der Waals surface area (Å²) in [6.07, 6.45) is -5.64. The van der Waals surface area contributed by atoms with E-state index in [0.29, 0.717) is 0 Å². The number of alkyl halides is 3. The van der Waals surface area contributed by atoms with E-state index in [4.69, 9.17) is 16.2 Å². The molecule has 1 amide bonds. The van der Waals surface area contributed by atoms with Crippen LogP contribution in [0.5, 0.6) is 5.75 Å². The molecule has 0 saturated carbocycles. The van der Waals surface area contributed by atoms with Crippen LogP contribution in [-0.2, 0) is 14.6 Å². The summed E-state index contributed by atoms with van der Waals surface area (Å²) in [6, 6.07) is 2.31. The van der Waals surface area contributed by atoms with Gasteiger partial charge in [-0.25, -0.2) is 8.42 Å². The van der Waals surface area contributed by atoms with E-state index in [1.807, 2.05) is 0 Å². The highest BCUT2D eigenvalue weighted by atomic mass is 32.2. The van der Waals surface area contributed by atoms with Crippen molar-refractivity contribution in [1.82, 2.24) is 0 Å². The van der Waals surface area contributed by atoms with Crippen molar-refractivity contribution in [3.8, 4) is 5.75 Å². The summed E-state index contributed by atoms with van der Waals surface area (Å²) in [5, 5.41) is 0. The second-order valence-corrected chi connectivity index (χ2v) is 7.43. The molecule has 0 radical (unpaired) electrons. The number of benzene rings is 1. The van der Waals surface area contributed by atoms with Crippen LogP contribution in [0, 0.1) is 6.92 Å². The summed E-state index contributed by atoms with van der Waals surface area (Å²) in [5.74, 6) is -2.20. The number of aliphatic imine (C=N–C) groups is 1. The molecule has 1 unspecified atom stereocenters. The summed E-state index contributed by atoms with van der Waals surface area (Å²) >= 11 is 0. The molecule has 0 aliphatic carbocycles. The van der Waals surface area contributed by atoms with Crippen molar-refractivity contribution in [2.24, 2.45) is 16.5 Å². The molecule has 0 saturated heterocycles. The Morgan fingerprint density at radius 3 is 2.36 bits per heavy atom. The highest BCUT2D eigenvalue weighted by molar-refractivity contribution is 7.90. The van der Waals surface area contributed by atoms with Crippen LogP contribution in [0.1, 0.15) is 11.1 Å². The number of nitrogens with zero attached hydrogens (tertiary/aromatic N) is 1. The van der Waals surface area contributed by atoms with Crippen molar-refractivity contribution in [2.45, 2.75) is 24.1 Å². The van der Waals surface area contributed by atoms with Crippen LogP contribution in [0.2, 0.25) is 0 Å². The average molecular weight is 377 g/mol. The van der Waals surface area contributed by atoms with Gasteiger partial charge in [0.25, 0.3) is 5.91 Å². The number of rotatable bonds is 2. The van der Waals surface area contributed by atoms with E-state index in [2.05, 4.69) is 4.99 Å². The van der Waals surface area contributed by atoms with E-state index in [1.54, 1.807) is 0 Å². The topological polar surface area (TPSA) is 125 Å². The van der Waals surface area contributed by atoms with Crippen molar-refractivity contribution in [1.29, 1.82) is 0 Å². The zero-order valence-corrected chi connectivity index (χ0v) is 13.9. The minimum Gasteiger partial charge on any atom is -0.475 e. The van der Waals surface area contributed by atoms with Crippen molar-refractivity contribution in [3.05, 3.63) is 28.8 Å². The summed E-state index contributed by atoms with van der Waals surface area (Å²) in [4.78, 5) is 14.9. The molecule has 2 rings (SSSR count). The van der Waals surface area contributed by atoms with E-state index in [1.165, 1.54) is 13.0 Å². The van der Waals surface area contributed by atoms with Gasteiger partial charge >= 0.3 is 6.18 Å². The molecule has 0 fully saturated rings. The maximum absolute atomic E-state index is 13.3. The van der Waals surface area contributed by atoms with E-state index in [9.17, 15) is 26.4 Å². The van der Waals surface area contributed by atoms with Crippen LogP contribution in [-0.4, -0.2) is 38.8 Å². The van der Waals surface area contributed by atoms with E-state index in [-0.39, 0.29) is 21.8 Å². The first kappa shape index (κ1) is 18.8. The van der Waals surface area contributed by atoms with Gasteiger partial charge in [-0.15, -0.1) is 0 Å². The van der Waals surface area contributed by atoms with Gasteiger partial charge < -0.3 is 16.2 Å².